The van der Waals surface area contributed by atoms with Crippen LogP contribution < -0.4 is 0 Å². The maximum absolute atomic E-state index is 9.32. The Kier molecular flexibility index (Phi) is 4.83. The largest absolute Gasteiger partial charge is 0.508 e. The molecule has 0 saturated carbocycles. The van der Waals surface area contributed by atoms with E-state index in [0.29, 0.717) is 17.8 Å². The summed E-state index contributed by atoms with van der Waals surface area (Å²) in [4.78, 5) is 4.94. The van der Waals surface area contributed by atoms with E-state index < -0.39 is 0 Å². The average molecular weight is 262 g/mol. The molecule has 0 aliphatic carbocycles. The second kappa shape index (κ2) is 6.40. The SMILES string of the molecule is CC(Cc1ccc(O)cc1)N1CCCC(N(C)C)C1. The molecular formula is C16H26N2O. The van der Waals surface area contributed by atoms with Crippen molar-refractivity contribution in [2.45, 2.75) is 38.3 Å². The lowest BCUT2D eigenvalue weighted by Crippen LogP contribution is -2.48. The van der Waals surface area contributed by atoms with Crippen LogP contribution in [0.3, 0.4) is 0 Å². The van der Waals surface area contributed by atoms with E-state index in [0.717, 1.165) is 6.42 Å². The van der Waals surface area contributed by atoms with Crippen LogP contribution >= 0.6 is 0 Å². The molecule has 1 heterocycles. The molecule has 2 unspecified atom stereocenters. The van der Waals surface area contributed by atoms with Gasteiger partial charge in [-0.05, 0) is 64.5 Å². The zero-order chi connectivity index (χ0) is 13.8. The van der Waals surface area contributed by atoms with Crippen LogP contribution in [0.1, 0.15) is 25.3 Å². The third kappa shape index (κ3) is 3.95. The number of nitrogens with zero attached hydrogens (tertiary/aromatic N) is 2. The first-order valence-electron chi connectivity index (χ1n) is 7.24. The molecule has 106 valence electrons. The molecule has 19 heavy (non-hydrogen) atoms. The van der Waals surface area contributed by atoms with Gasteiger partial charge in [0, 0.05) is 18.6 Å². The van der Waals surface area contributed by atoms with Gasteiger partial charge in [0.1, 0.15) is 5.75 Å². The minimum Gasteiger partial charge on any atom is -0.508 e. The summed E-state index contributed by atoms with van der Waals surface area (Å²) in [5, 5.41) is 9.32. The van der Waals surface area contributed by atoms with Gasteiger partial charge in [0.05, 0.1) is 0 Å². The van der Waals surface area contributed by atoms with Crippen molar-refractivity contribution >= 4 is 0 Å². The normalized spacial score (nSPS) is 22.6. The summed E-state index contributed by atoms with van der Waals surface area (Å²) < 4.78 is 0. The Balaban J connectivity index is 1.92. The number of phenols is 1. The van der Waals surface area contributed by atoms with E-state index in [-0.39, 0.29) is 0 Å². The predicted octanol–water partition coefficient (Wildman–Crippen LogP) is 2.35. The average Bonchev–Trinajstić information content (AvgIpc) is 2.41. The van der Waals surface area contributed by atoms with Gasteiger partial charge in [0.15, 0.2) is 0 Å². The van der Waals surface area contributed by atoms with Crippen molar-refractivity contribution in [1.29, 1.82) is 0 Å². The fraction of sp³-hybridized carbons (Fsp3) is 0.625. The van der Waals surface area contributed by atoms with Crippen LogP contribution in [0.4, 0.5) is 0 Å². The Morgan fingerprint density at radius 2 is 2.00 bits per heavy atom. The zero-order valence-electron chi connectivity index (χ0n) is 12.3. The van der Waals surface area contributed by atoms with Gasteiger partial charge in [-0.25, -0.2) is 0 Å². The first-order valence-corrected chi connectivity index (χ1v) is 7.24. The lowest BCUT2D eigenvalue weighted by atomic mass is 10.00. The summed E-state index contributed by atoms with van der Waals surface area (Å²) in [6.07, 6.45) is 3.67. The summed E-state index contributed by atoms with van der Waals surface area (Å²) in [5.41, 5.74) is 1.30. The number of benzene rings is 1. The fourth-order valence-electron chi connectivity index (χ4n) is 2.91. The lowest BCUT2D eigenvalue weighted by Gasteiger charge is -2.39. The maximum Gasteiger partial charge on any atom is 0.115 e. The molecular weight excluding hydrogens is 236 g/mol. The van der Waals surface area contributed by atoms with E-state index in [4.69, 9.17) is 0 Å². The Labute approximate surface area is 116 Å². The molecule has 1 fully saturated rings. The van der Waals surface area contributed by atoms with Crippen LogP contribution in [0.15, 0.2) is 24.3 Å². The van der Waals surface area contributed by atoms with Gasteiger partial charge in [-0.3, -0.25) is 4.90 Å². The molecule has 1 aliphatic heterocycles. The van der Waals surface area contributed by atoms with Crippen LogP contribution in [-0.4, -0.2) is 54.2 Å². The van der Waals surface area contributed by atoms with Gasteiger partial charge in [-0.1, -0.05) is 12.1 Å². The molecule has 1 saturated heterocycles. The van der Waals surface area contributed by atoms with E-state index in [1.165, 1.54) is 31.5 Å². The monoisotopic (exact) mass is 262 g/mol. The second-order valence-corrected chi connectivity index (χ2v) is 5.97. The Morgan fingerprint density at radius 3 is 2.63 bits per heavy atom. The molecule has 3 heteroatoms. The molecule has 1 aromatic rings. The molecule has 1 aliphatic rings. The van der Waals surface area contributed by atoms with Crippen molar-refractivity contribution in [3.63, 3.8) is 0 Å². The van der Waals surface area contributed by atoms with Crippen LogP contribution in [-0.2, 0) is 6.42 Å². The summed E-state index contributed by atoms with van der Waals surface area (Å²) in [6.45, 7) is 4.70. The van der Waals surface area contributed by atoms with Crippen LogP contribution in [0.25, 0.3) is 0 Å². The first-order chi connectivity index (χ1) is 9.06. The molecule has 3 nitrogen and oxygen atoms in total. The topological polar surface area (TPSA) is 26.7 Å². The highest BCUT2D eigenvalue weighted by atomic mass is 16.3. The predicted molar refractivity (Wildman–Crippen MR) is 79.6 cm³/mol. The van der Waals surface area contributed by atoms with Gasteiger partial charge < -0.3 is 10.0 Å². The quantitative estimate of drug-likeness (QED) is 0.902. The van der Waals surface area contributed by atoms with Gasteiger partial charge >= 0.3 is 0 Å². The van der Waals surface area contributed by atoms with Crippen molar-refractivity contribution in [2.24, 2.45) is 0 Å². The number of piperidine rings is 1. The summed E-state index contributed by atoms with van der Waals surface area (Å²) >= 11 is 0. The van der Waals surface area contributed by atoms with E-state index in [1.54, 1.807) is 12.1 Å². The van der Waals surface area contributed by atoms with E-state index >= 15 is 0 Å². The number of rotatable bonds is 4. The fourth-order valence-corrected chi connectivity index (χ4v) is 2.91. The Hall–Kier alpha value is -1.06. The summed E-state index contributed by atoms with van der Waals surface area (Å²) in [7, 11) is 4.36. The number of aromatic hydroxyl groups is 1. The third-order valence-electron chi connectivity index (χ3n) is 4.25. The van der Waals surface area contributed by atoms with Crippen LogP contribution in [0.5, 0.6) is 5.75 Å². The second-order valence-electron chi connectivity index (χ2n) is 5.97. The highest BCUT2D eigenvalue weighted by molar-refractivity contribution is 5.26. The zero-order valence-corrected chi connectivity index (χ0v) is 12.3. The van der Waals surface area contributed by atoms with E-state index in [9.17, 15) is 5.11 Å². The molecule has 0 radical (unpaired) electrons. The van der Waals surface area contributed by atoms with Crippen LogP contribution in [0.2, 0.25) is 0 Å². The number of hydrogen-bond donors (Lipinski definition) is 1. The van der Waals surface area contributed by atoms with Crippen molar-refractivity contribution in [2.75, 3.05) is 27.2 Å². The summed E-state index contributed by atoms with van der Waals surface area (Å²) in [6, 6.07) is 8.86. The first kappa shape index (κ1) is 14.4. The molecule has 0 amide bonds. The van der Waals surface area contributed by atoms with Gasteiger partial charge in [-0.2, -0.15) is 0 Å². The third-order valence-corrected chi connectivity index (χ3v) is 4.25. The number of hydrogen-bond acceptors (Lipinski definition) is 3. The number of likely N-dealkylation sites (tertiary alicyclic amines) is 1. The lowest BCUT2D eigenvalue weighted by molar-refractivity contribution is 0.102. The molecule has 2 atom stereocenters. The summed E-state index contributed by atoms with van der Waals surface area (Å²) in [5.74, 6) is 0.349. The minimum atomic E-state index is 0.349. The van der Waals surface area contributed by atoms with E-state index in [1.807, 2.05) is 12.1 Å². The Morgan fingerprint density at radius 1 is 1.32 bits per heavy atom. The molecule has 2 rings (SSSR count). The van der Waals surface area contributed by atoms with Crippen molar-refractivity contribution in [1.82, 2.24) is 9.80 Å². The number of likely N-dealkylation sites (N-methyl/N-ethyl adjacent to an activating group) is 1. The standard InChI is InChI=1S/C16H26N2O/c1-13(11-14-6-8-16(19)9-7-14)18-10-4-5-15(12-18)17(2)3/h6-9,13,15,19H,4-5,10-12H2,1-3H3. The van der Waals surface area contributed by atoms with Crippen molar-refractivity contribution in [3.8, 4) is 5.75 Å². The minimum absolute atomic E-state index is 0.349. The molecule has 0 spiro atoms. The molecule has 1 N–H and O–H groups in total. The maximum atomic E-state index is 9.32. The van der Waals surface area contributed by atoms with Gasteiger partial charge in [-0.15, -0.1) is 0 Å². The molecule has 1 aromatic carbocycles. The van der Waals surface area contributed by atoms with E-state index in [2.05, 4.69) is 30.8 Å². The van der Waals surface area contributed by atoms with Crippen LogP contribution in [0, 0.1) is 0 Å². The molecule has 0 aromatic heterocycles. The van der Waals surface area contributed by atoms with Gasteiger partial charge in [0.2, 0.25) is 0 Å². The van der Waals surface area contributed by atoms with Crippen molar-refractivity contribution < 1.29 is 5.11 Å². The highest BCUT2D eigenvalue weighted by Gasteiger charge is 2.24. The van der Waals surface area contributed by atoms with Gasteiger partial charge in [0.25, 0.3) is 0 Å². The van der Waals surface area contributed by atoms with Crippen molar-refractivity contribution in [3.05, 3.63) is 29.8 Å². The number of phenolic OH excluding ortho intramolecular Hbond substituents is 1. The smallest absolute Gasteiger partial charge is 0.115 e. The Bertz CT molecular complexity index is 388. The highest BCUT2D eigenvalue weighted by Crippen LogP contribution is 2.19. The molecule has 0 bridgehead atoms.